The van der Waals surface area contributed by atoms with Gasteiger partial charge in [0.05, 0.1) is 29.3 Å². The number of thiophene rings is 1. The van der Waals surface area contributed by atoms with E-state index in [0.717, 1.165) is 29.7 Å². The minimum absolute atomic E-state index is 0.127. The van der Waals surface area contributed by atoms with Crippen LogP contribution in [0.25, 0.3) is 0 Å². The molecular formula is C23H28N2O6S2. The second-order valence-corrected chi connectivity index (χ2v) is 11.4. The standard InChI is InChI=1S/C23H28N2O6S2/c1-4-30-23(27)20-18-6-5-7-19(18)32-22(20)24-21(26)16-8-10-17(11-9-16)33(28,29)25-12-14(2)31-15(3)13-25/h8-11,14-15H,4-7,12-13H2,1-3H3,(H,24,26)/t14-,15+. The van der Waals surface area contributed by atoms with Gasteiger partial charge in [-0.05, 0) is 69.9 Å². The summed E-state index contributed by atoms with van der Waals surface area (Å²) in [6.07, 6.45) is 2.29. The summed E-state index contributed by atoms with van der Waals surface area (Å²) in [6, 6.07) is 5.85. The lowest BCUT2D eigenvalue weighted by Gasteiger charge is -2.34. The van der Waals surface area contributed by atoms with Crippen molar-refractivity contribution in [2.24, 2.45) is 0 Å². The van der Waals surface area contributed by atoms with E-state index in [1.54, 1.807) is 6.92 Å². The van der Waals surface area contributed by atoms with E-state index in [2.05, 4.69) is 5.32 Å². The van der Waals surface area contributed by atoms with Crippen molar-refractivity contribution >= 4 is 38.2 Å². The van der Waals surface area contributed by atoms with Gasteiger partial charge in [0.25, 0.3) is 5.91 Å². The predicted octanol–water partition coefficient (Wildman–Crippen LogP) is 3.46. The van der Waals surface area contributed by atoms with Gasteiger partial charge < -0.3 is 14.8 Å². The summed E-state index contributed by atoms with van der Waals surface area (Å²) in [5.41, 5.74) is 1.71. The summed E-state index contributed by atoms with van der Waals surface area (Å²) in [4.78, 5) is 26.6. The number of nitrogens with one attached hydrogen (secondary N) is 1. The van der Waals surface area contributed by atoms with Gasteiger partial charge in [-0.15, -0.1) is 11.3 Å². The number of hydrogen-bond donors (Lipinski definition) is 1. The number of morpholine rings is 1. The molecule has 1 N–H and O–H groups in total. The molecule has 10 heteroatoms. The SMILES string of the molecule is CCOC(=O)c1c(NC(=O)c2ccc(S(=O)(=O)N3C[C@@H](C)O[C@@H](C)C3)cc2)sc2c1CCC2. The van der Waals surface area contributed by atoms with Crippen LogP contribution in [0.1, 0.15) is 58.3 Å². The molecule has 1 saturated heterocycles. The van der Waals surface area contributed by atoms with Crippen LogP contribution < -0.4 is 5.32 Å². The maximum atomic E-state index is 13.0. The highest BCUT2D eigenvalue weighted by Gasteiger charge is 2.32. The summed E-state index contributed by atoms with van der Waals surface area (Å²) < 4.78 is 38.3. The number of anilines is 1. The number of carbonyl (C=O) groups is 2. The molecule has 0 radical (unpaired) electrons. The van der Waals surface area contributed by atoms with Crippen LogP contribution in [0.3, 0.4) is 0 Å². The fourth-order valence-electron chi connectivity index (χ4n) is 4.34. The van der Waals surface area contributed by atoms with Crippen LogP contribution in [0.5, 0.6) is 0 Å². The van der Waals surface area contributed by atoms with E-state index < -0.39 is 21.9 Å². The van der Waals surface area contributed by atoms with Gasteiger partial charge in [0.15, 0.2) is 0 Å². The molecule has 1 aliphatic heterocycles. The molecular weight excluding hydrogens is 464 g/mol. The fourth-order valence-corrected chi connectivity index (χ4v) is 7.20. The number of carbonyl (C=O) groups excluding carboxylic acids is 2. The number of aryl methyl sites for hydroxylation is 1. The van der Waals surface area contributed by atoms with E-state index in [0.29, 0.717) is 16.1 Å². The molecule has 0 unspecified atom stereocenters. The zero-order valence-corrected chi connectivity index (χ0v) is 20.6. The number of rotatable bonds is 6. The molecule has 2 aliphatic rings. The van der Waals surface area contributed by atoms with Crippen LogP contribution in [-0.4, -0.2) is 56.5 Å². The highest BCUT2D eigenvalue weighted by Crippen LogP contribution is 2.39. The van der Waals surface area contributed by atoms with Crippen molar-refractivity contribution < 1.29 is 27.5 Å². The Morgan fingerprint density at radius 3 is 2.45 bits per heavy atom. The summed E-state index contributed by atoms with van der Waals surface area (Å²) >= 11 is 1.41. The molecule has 0 saturated carbocycles. The van der Waals surface area contributed by atoms with Crippen LogP contribution in [0.4, 0.5) is 5.00 Å². The Labute approximate surface area is 197 Å². The highest BCUT2D eigenvalue weighted by atomic mass is 32.2. The Hall–Kier alpha value is -2.27. The van der Waals surface area contributed by atoms with Crippen molar-refractivity contribution in [2.75, 3.05) is 25.0 Å². The Balaban J connectivity index is 1.52. The first-order chi connectivity index (χ1) is 15.7. The number of fused-ring (bicyclic) bond motifs is 1. The monoisotopic (exact) mass is 492 g/mol. The van der Waals surface area contributed by atoms with Crippen LogP contribution in [0, 0.1) is 0 Å². The maximum absolute atomic E-state index is 13.0. The van der Waals surface area contributed by atoms with Gasteiger partial charge in [-0.2, -0.15) is 4.31 Å². The van der Waals surface area contributed by atoms with Crippen LogP contribution in [0.15, 0.2) is 29.2 Å². The Kier molecular flexibility index (Phi) is 6.90. The van der Waals surface area contributed by atoms with Crippen molar-refractivity contribution in [1.29, 1.82) is 0 Å². The van der Waals surface area contributed by atoms with Gasteiger partial charge in [0, 0.05) is 23.5 Å². The number of nitrogens with zero attached hydrogens (tertiary/aromatic N) is 1. The average Bonchev–Trinajstić information content (AvgIpc) is 3.34. The van der Waals surface area contributed by atoms with Crippen molar-refractivity contribution in [1.82, 2.24) is 4.31 Å². The Bertz CT molecular complexity index is 1150. The number of sulfonamides is 1. The first-order valence-electron chi connectivity index (χ1n) is 11.1. The number of benzene rings is 1. The minimum Gasteiger partial charge on any atom is -0.462 e. The van der Waals surface area contributed by atoms with Crippen LogP contribution in [0.2, 0.25) is 0 Å². The Morgan fingerprint density at radius 1 is 1.15 bits per heavy atom. The maximum Gasteiger partial charge on any atom is 0.341 e. The largest absolute Gasteiger partial charge is 0.462 e. The summed E-state index contributed by atoms with van der Waals surface area (Å²) in [5.74, 6) is -0.833. The van der Waals surface area contributed by atoms with Crippen molar-refractivity contribution in [2.45, 2.75) is 57.1 Å². The van der Waals surface area contributed by atoms with Gasteiger partial charge in [0.1, 0.15) is 5.00 Å². The Morgan fingerprint density at radius 2 is 1.82 bits per heavy atom. The summed E-state index contributed by atoms with van der Waals surface area (Å²) in [6.45, 7) is 6.26. The fraction of sp³-hybridized carbons (Fsp3) is 0.478. The smallest absolute Gasteiger partial charge is 0.341 e. The molecule has 1 aliphatic carbocycles. The zero-order chi connectivity index (χ0) is 23.8. The molecule has 0 bridgehead atoms. The van der Waals surface area contributed by atoms with Crippen LogP contribution >= 0.6 is 11.3 Å². The quantitative estimate of drug-likeness (QED) is 0.620. The lowest BCUT2D eigenvalue weighted by atomic mass is 10.1. The van der Waals surface area contributed by atoms with E-state index in [1.807, 2.05) is 13.8 Å². The molecule has 1 aromatic heterocycles. The average molecular weight is 493 g/mol. The number of esters is 1. The van der Waals surface area contributed by atoms with Crippen molar-refractivity contribution in [3.8, 4) is 0 Å². The first-order valence-corrected chi connectivity index (χ1v) is 13.3. The van der Waals surface area contributed by atoms with Gasteiger partial charge in [0.2, 0.25) is 10.0 Å². The van der Waals surface area contributed by atoms with Gasteiger partial charge in [-0.25, -0.2) is 13.2 Å². The summed E-state index contributed by atoms with van der Waals surface area (Å²) in [5, 5.41) is 3.31. The van der Waals surface area contributed by atoms with Crippen molar-refractivity contribution in [3.05, 3.63) is 45.8 Å². The summed E-state index contributed by atoms with van der Waals surface area (Å²) in [7, 11) is -3.69. The second-order valence-electron chi connectivity index (χ2n) is 8.34. The van der Waals surface area contributed by atoms with Crippen molar-refractivity contribution in [3.63, 3.8) is 0 Å². The molecule has 33 heavy (non-hydrogen) atoms. The molecule has 1 amide bonds. The van der Waals surface area contributed by atoms with E-state index in [4.69, 9.17) is 9.47 Å². The van der Waals surface area contributed by atoms with Gasteiger partial charge >= 0.3 is 5.97 Å². The molecule has 0 spiro atoms. The molecule has 8 nitrogen and oxygen atoms in total. The lowest BCUT2D eigenvalue weighted by Crippen LogP contribution is -2.48. The normalized spacial score (nSPS) is 20.9. The minimum atomic E-state index is -3.69. The molecule has 178 valence electrons. The molecule has 2 aromatic rings. The molecule has 1 fully saturated rings. The van der Waals surface area contributed by atoms with Gasteiger partial charge in [-0.3, -0.25) is 4.79 Å². The third-order valence-corrected chi connectivity index (χ3v) is 8.82. The van der Waals surface area contributed by atoms with Crippen LogP contribution in [-0.2, 0) is 32.3 Å². The van der Waals surface area contributed by atoms with E-state index in [-0.39, 0.29) is 36.8 Å². The number of ether oxygens (including phenoxy) is 2. The lowest BCUT2D eigenvalue weighted by molar-refractivity contribution is -0.0440. The van der Waals surface area contributed by atoms with E-state index in [1.165, 1.54) is 39.9 Å². The van der Waals surface area contributed by atoms with E-state index in [9.17, 15) is 18.0 Å². The molecule has 1 aromatic carbocycles. The first kappa shape index (κ1) is 23.9. The molecule has 2 heterocycles. The van der Waals surface area contributed by atoms with E-state index >= 15 is 0 Å². The predicted molar refractivity (Wildman–Crippen MR) is 125 cm³/mol. The van der Waals surface area contributed by atoms with Gasteiger partial charge in [-0.1, -0.05) is 0 Å². The molecule has 4 rings (SSSR count). The third-order valence-electron chi connectivity index (χ3n) is 5.77. The molecule has 2 atom stereocenters. The number of hydrogen-bond acceptors (Lipinski definition) is 7. The second kappa shape index (κ2) is 9.54. The zero-order valence-electron chi connectivity index (χ0n) is 18.9. The highest BCUT2D eigenvalue weighted by molar-refractivity contribution is 7.89. The third kappa shape index (κ3) is 4.84. The topological polar surface area (TPSA) is 102 Å². The number of amides is 1.